The molecule has 0 saturated heterocycles. The Morgan fingerprint density at radius 1 is 0.284 bits per heavy atom. The molecular formula is C83H162O17P2. The first-order valence-electron chi connectivity index (χ1n) is 42.9. The predicted molar refractivity (Wildman–Crippen MR) is 418 cm³/mol. The molecular weight excluding hydrogens is 1330 g/mol. The monoisotopic (exact) mass is 1490 g/mol. The molecule has 3 N–H and O–H groups in total. The Balaban J connectivity index is 5.27. The van der Waals surface area contributed by atoms with Crippen molar-refractivity contribution in [1.29, 1.82) is 0 Å². The Kier molecular flexibility index (Phi) is 71.8. The Labute approximate surface area is 626 Å². The maximum absolute atomic E-state index is 13.1. The lowest BCUT2D eigenvalue weighted by molar-refractivity contribution is -0.161. The van der Waals surface area contributed by atoms with E-state index in [-0.39, 0.29) is 25.7 Å². The fourth-order valence-electron chi connectivity index (χ4n) is 12.8. The van der Waals surface area contributed by atoms with Crippen molar-refractivity contribution >= 4 is 39.5 Å². The number of phosphoric ester groups is 2. The van der Waals surface area contributed by atoms with Gasteiger partial charge in [-0.25, -0.2) is 9.13 Å². The van der Waals surface area contributed by atoms with Gasteiger partial charge in [0.05, 0.1) is 26.4 Å². The molecule has 0 aromatic carbocycles. The highest BCUT2D eigenvalue weighted by Crippen LogP contribution is 2.45. The van der Waals surface area contributed by atoms with Gasteiger partial charge in [0.15, 0.2) is 12.2 Å². The summed E-state index contributed by atoms with van der Waals surface area (Å²) in [6.07, 6.45) is 62.3. The zero-order chi connectivity index (χ0) is 75.1. The van der Waals surface area contributed by atoms with Gasteiger partial charge in [-0.15, -0.1) is 0 Å². The molecule has 0 amide bonds. The second kappa shape index (κ2) is 73.2. The van der Waals surface area contributed by atoms with Gasteiger partial charge >= 0.3 is 39.5 Å². The van der Waals surface area contributed by atoms with Crippen LogP contribution in [0.5, 0.6) is 0 Å². The molecule has 0 rings (SSSR count). The predicted octanol–water partition coefficient (Wildman–Crippen LogP) is 24.9. The van der Waals surface area contributed by atoms with E-state index >= 15 is 0 Å². The number of ether oxygens (including phenoxy) is 4. The molecule has 0 fully saturated rings. The smallest absolute Gasteiger partial charge is 0.462 e. The number of hydrogen-bond donors (Lipinski definition) is 3. The molecule has 0 aliphatic heterocycles. The first-order valence-corrected chi connectivity index (χ1v) is 45.9. The molecule has 0 aliphatic carbocycles. The molecule has 0 aromatic heterocycles. The third kappa shape index (κ3) is 74.9. The summed E-state index contributed by atoms with van der Waals surface area (Å²) in [5.74, 6) is 0.264. The third-order valence-corrected chi connectivity index (χ3v) is 21.6. The first-order chi connectivity index (χ1) is 49.3. The number of unbranched alkanes of at least 4 members (excludes halogenated alkanes) is 48. The van der Waals surface area contributed by atoms with Crippen LogP contribution in [0.4, 0.5) is 0 Å². The van der Waals surface area contributed by atoms with Crippen LogP contribution in [-0.2, 0) is 65.4 Å². The van der Waals surface area contributed by atoms with Crippen LogP contribution in [0, 0.1) is 17.8 Å². The summed E-state index contributed by atoms with van der Waals surface area (Å²) in [6.45, 7) is 12.0. The molecule has 0 heterocycles. The molecule has 0 saturated carbocycles. The summed E-state index contributed by atoms with van der Waals surface area (Å²) >= 11 is 0. The Hall–Kier alpha value is -1.94. The average Bonchev–Trinajstić information content (AvgIpc) is 0.913. The number of carbonyl (C=O) groups is 4. The van der Waals surface area contributed by atoms with Gasteiger partial charge in [-0.2, -0.15) is 0 Å². The second-order valence-electron chi connectivity index (χ2n) is 31.1. The lowest BCUT2D eigenvalue weighted by atomic mass is 9.99. The Bertz CT molecular complexity index is 1980. The number of aliphatic hydroxyl groups excluding tert-OH is 1. The summed E-state index contributed by atoms with van der Waals surface area (Å²) in [5, 5.41) is 10.7. The fraction of sp³-hybridized carbons (Fsp3) is 0.952. The van der Waals surface area contributed by atoms with Crippen LogP contribution < -0.4 is 0 Å². The number of aliphatic hydroxyl groups is 1. The van der Waals surface area contributed by atoms with E-state index in [1.165, 1.54) is 244 Å². The van der Waals surface area contributed by atoms with Crippen molar-refractivity contribution < 1.29 is 80.2 Å². The minimum absolute atomic E-state index is 0.106. The zero-order valence-electron chi connectivity index (χ0n) is 67.1. The number of carbonyl (C=O) groups excluding carboxylic acids is 4. The zero-order valence-corrected chi connectivity index (χ0v) is 68.9. The van der Waals surface area contributed by atoms with Gasteiger partial charge < -0.3 is 33.8 Å². The van der Waals surface area contributed by atoms with Crippen molar-refractivity contribution in [2.75, 3.05) is 39.6 Å². The molecule has 6 atom stereocenters. The SMILES string of the molecule is CCCCCCCCCCCCCCCCCCC(=O)OC[C@H](COP(=O)(O)OC[C@@H](O)COP(=O)(O)OC[C@@H](COC(=O)CCCCCCCCCCCCC(C)C)OC(=O)CCCCCCCCCCCCC(C)CC)OC(=O)CCCCCCCCCCCCCCCCCCC(C)C. The van der Waals surface area contributed by atoms with E-state index in [1.54, 1.807) is 0 Å². The van der Waals surface area contributed by atoms with Crippen LogP contribution in [0.25, 0.3) is 0 Å². The average molecular weight is 1490 g/mol. The van der Waals surface area contributed by atoms with E-state index in [0.29, 0.717) is 25.7 Å². The molecule has 3 unspecified atom stereocenters. The van der Waals surface area contributed by atoms with E-state index < -0.39 is 97.5 Å². The van der Waals surface area contributed by atoms with E-state index in [0.717, 1.165) is 108 Å². The van der Waals surface area contributed by atoms with Crippen LogP contribution in [0.3, 0.4) is 0 Å². The molecule has 0 bridgehead atoms. The summed E-state index contributed by atoms with van der Waals surface area (Å²) in [7, 11) is -9.93. The van der Waals surface area contributed by atoms with Crippen molar-refractivity contribution in [3.63, 3.8) is 0 Å². The molecule has 17 nitrogen and oxygen atoms in total. The standard InChI is InChI=1S/C83H162O17P2/c1-8-10-11-12-13-14-15-16-17-21-24-27-36-43-50-57-64-80(85)93-70-78(99-82(87)66-59-52-45-38-28-25-22-19-18-20-23-26-33-40-47-54-61-74(3)4)72-97-101(89,90)95-68-77(84)69-96-102(91,92)98-73-79(71-94-81(86)65-58-51-44-37-31-29-34-41-48-55-62-75(5)6)100-83(88)67-60-53-46-39-32-30-35-42-49-56-63-76(7)9-2/h74-79,84H,8-73H2,1-7H3,(H,89,90)(H,91,92)/t76?,77-,78-,79-/m1/s1. The number of hydrogen-bond acceptors (Lipinski definition) is 15. The maximum Gasteiger partial charge on any atom is 0.472 e. The van der Waals surface area contributed by atoms with Crippen molar-refractivity contribution in [3.8, 4) is 0 Å². The highest BCUT2D eigenvalue weighted by molar-refractivity contribution is 7.47. The lowest BCUT2D eigenvalue weighted by Crippen LogP contribution is -2.30. The van der Waals surface area contributed by atoms with Gasteiger partial charge in [0, 0.05) is 25.7 Å². The van der Waals surface area contributed by atoms with E-state index in [1.807, 2.05) is 0 Å². The largest absolute Gasteiger partial charge is 0.472 e. The van der Waals surface area contributed by atoms with Crippen molar-refractivity contribution in [2.45, 2.75) is 452 Å². The minimum atomic E-state index is -4.96. The molecule has 0 aliphatic rings. The van der Waals surface area contributed by atoms with Gasteiger partial charge in [-0.1, -0.05) is 382 Å². The second-order valence-corrected chi connectivity index (χ2v) is 34.0. The molecule has 0 radical (unpaired) electrons. The van der Waals surface area contributed by atoms with Gasteiger partial charge in [-0.3, -0.25) is 37.3 Å². The number of phosphoric acid groups is 2. The van der Waals surface area contributed by atoms with E-state index in [4.69, 9.17) is 37.0 Å². The summed E-state index contributed by atoms with van der Waals surface area (Å²) in [5.41, 5.74) is 0. The van der Waals surface area contributed by atoms with Crippen molar-refractivity contribution in [1.82, 2.24) is 0 Å². The quantitative estimate of drug-likeness (QED) is 0.0222. The van der Waals surface area contributed by atoms with Crippen molar-refractivity contribution in [2.24, 2.45) is 17.8 Å². The van der Waals surface area contributed by atoms with E-state index in [2.05, 4.69) is 48.5 Å². The van der Waals surface area contributed by atoms with E-state index in [9.17, 15) is 43.2 Å². The summed E-state index contributed by atoms with van der Waals surface area (Å²) in [4.78, 5) is 73.2. The molecule has 0 spiro atoms. The minimum Gasteiger partial charge on any atom is -0.462 e. The third-order valence-electron chi connectivity index (χ3n) is 19.7. The van der Waals surface area contributed by atoms with Gasteiger partial charge in [0.2, 0.25) is 0 Å². The summed E-state index contributed by atoms with van der Waals surface area (Å²) in [6, 6.07) is 0. The topological polar surface area (TPSA) is 237 Å². The van der Waals surface area contributed by atoms with Crippen LogP contribution in [-0.4, -0.2) is 96.7 Å². The summed E-state index contributed by atoms with van der Waals surface area (Å²) < 4.78 is 68.8. The highest BCUT2D eigenvalue weighted by atomic mass is 31.2. The van der Waals surface area contributed by atoms with Crippen LogP contribution in [0.2, 0.25) is 0 Å². The molecule has 102 heavy (non-hydrogen) atoms. The molecule has 606 valence electrons. The normalized spacial score (nSPS) is 14.2. The van der Waals surface area contributed by atoms with Crippen LogP contribution in [0.1, 0.15) is 434 Å². The van der Waals surface area contributed by atoms with Crippen LogP contribution in [0.15, 0.2) is 0 Å². The number of rotatable bonds is 81. The van der Waals surface area contributed by atoms with Gasteiger partial charge in [-0.05, 0) is 43.4 Å². The number of esters is 4. The molecule has 19 heteroatoms. The van der Waals surface area contributed by atoms with Crippen molar-refractivity contribution in [3.05, 3.63) is 0 Å². The van der Waals surface area contributed by atoms with Gasteiger partial charge in [0.1, 0.15) is 19.3 Å². The first kappa shape index (κ1) is 100. The van der Waals surface area contributed by atoms with Gasteiger partial charge in [0.25, 0.3) is 0 Å². The highest BCUT2D eigenvalue weighted by Gasteiger charge is 2.30. The fourth-order valence-corrected chi connectivity index (χ4v) is 14.4. The Morgan fingerprint density at radius 3 is 0.745 bits per heavy atom. The maximum atomic E-state index is 13.1. The molecule has 0 aromatic rings. The Morgan fingerprint density at radius 2 is 0.500 bits per heavy atom. The van der Waals surface area contributed by atoms with Crippen LogP contribution >= 0.6 is 15.6 Å². The lowest BCUT2D eigenvalue weighted by Gasteiger charge is -2.21.